The van der Waals surface area contributed by atoms with Crippen LogP contribution >= 0.6 is 11.6 Å². The zero-order valence-corrected chi connectivity index (χ0v) is 13.7. The van der Waals surface area contributed by atoms with Gasteiger partial charge in [-0.2, -0.15) is 0 Å². The van der Waals surface area contributed by atoms with Gasteiger partial charge in [0.25, 0.3) is 5.82 Å². The lowest BCUT2D eigenvalue weighted by atomic mass is 10.1. The summed E-state index contributed by atoms with van der Waals surface area (Å²) < 4.78 is 16.8. The van der Waals surface area contributed by atoms with Gasteiger partial charge in [-0.25, -0.2) is 14.4 Å². The number of benzene rings is 1. The van der Waals surface area contributed by atoms with Gasteiger partial charge in [-0.15, -0.1) is 4.52 Å². The van der Waals surface area contributed by atoms with E-state index in [1.807, 2.05) is 17.7 Å². The van der Waals surface area contributed by atoms with Gasteiger partial charge in [0.2, 0.25) is 5.65 Å². The van der Waals surface area contributed by atoms with Gasteiger partial charge in [0.15, 0.2) is 0 Å². The fraction of sp³-hybridized carbons (Fsp3) is 0.0588. The van der Waals surface area contributed by atoms with Crippen LogP contribution in [0.1, 0.15) is 0 Å². The molecule has 8 heteroatoms. The molecule has 0 fully saturated rings. The number of hydrogen-bond acceptors (Lipinski definition) is 3. The Bertz CT molecular complexity index is 1150. The molecule has 4 aromatic rings. The molecule has 4 rings (SSSR count). The predicted octanol–water partition coefficient (Wildman–Crippen LogP) is 4.14. The van der Waals surface area contributed by atoms with E-state index >= 15 is 0 Å². The summed E-state index contributed by atoms with van der Waals surface area (Å²) >= 11 is 5.90. The van der Waals surface area contributed by atoms with Gasteiger partial charge in [0, 0.05) is 18.7 Å². The Labute approximate surface area is 147 Å². The number of rotatable bonds is 2. The molecule has 0 aliphatic rings. The number of aromatic nitrogens is 5. The molecule has 0 radical (unpaired) electrons. The third-order valence-electron chi connectivity index (χ3n) is 3.83. The van der Waals surface area contributed by atoms with Crippen molar-refractivity contribution >= 4 is 23.1 Å². The predicted molar refractivity (Wildman–Crippen MR) is 91.9 cm³/mol. The normalized spacial score (nSPS) is 11.0. The summed E-state index contributed by atoms with van der Waals surface area (Å²) in [7, 11) is 1.84. The van der Waals surface area contributed by atoms with Crippen molar-refractivity contribution in [3.8, 4) is 22.6 Å². The molecule has 0 saturated heterocycles. The van der Waals surface area contributed by atoms with Crippen molar-refractivity contribution in [2.24, 2.45) is 7.05 Å². The van der Waals surface area contributed by atoms with Crippen molar-refractivity contribution in [2.45, 2.75) is 0 Å². The number of fused-ring (bicyclic) bond motifs is 1. The van der Waals surface area contributed by atoms with Gasteiger partial charge in [-0.05, 0) is 24.3 Å². The van der Waals surface area contributed by atoms with Crippen molar-refractivity contribution < 1.29 is 4.39 Å². The smallest absolute Gasteiger partial charge is 0.275 e. The van der Waals surface area contributed by atoms with Crippen LogP contribution in [0.5, 0.6) is 0 Å². The highest BCUT2D eigenvalue weighted by Crippen LogP contribution is 2.32. The summed E-state index contributed by atoms with van der Waals surface area (Å²) in [6.07, 6.45) is 3.13. The molecule has 0 atom stereocenters. The third-order valence-corrected chi connectivity index (χ3v) is 4.12. The van der Waals surface area contributed by atoms with Crippen molar-refractivity contribution in [1.29, 1.82) is 0 Å². The quantitative estimate of drug-likeness (QED) is 0.509. The fourth-order valence-corrected chi connectivity index (χ4v) is 2.83. The Kier molecular flexibility index (Phi) is 3.48. The largest absolute Gasteiger partial charge is 0.360 e. The van der Waals surface area contributed by atoms with E-state index in [9.17, 15) is 4.39 Å². The second-order valence-electron chi connectivity index (χ2n) is 5.40. The molecule has 0 amide bonds. The SMILES string of the molecule is [C-]#[N+]c1cnc2ccc(-c3c(-c4ccc(F)c(Cl)c4)ncn3C)nn12. The lowest BCUT2D eigenvalue weighted by molar-refractivity contribution is 0.628. The number of halogens is 2. The molecule has 6 nitrogen and oxygen atoms in total. The molecule has 0 spiro atoms. The molecule has 3 heterocycles. The highest BCUT2D eigenvalue weighted by Gasteiger charge is 2.18. The zero-order chi connectivity index (χ0) is 17.6. The topological polar surface area (TPSA) is 52.4 Å². The van der Waals surface area contributed by atoms with Gasteiger partial charge in [-0.1, -0.05) is 23.3 Å². The second kappa shape index (κ2) is 5.69. The molecule has 0 aliphatic heterocycles. The van der Waals surface area contributed by atoms with Crippen LogP contribution in [0, 0.1) is 12.4 Å². The molecule has 0 unspecified atom stereocenters. The van der Waals surface area contributed by atoms with Crippen LogP contribution in [0.25, 0.3) is 33.1 Å². The minimum absolute atomic E-state index is 0.0300. The van der Waals surface area contributed by atoms with Gasteiger partial charge in [0.1, 0.15) is 11.5 Å². The first-order valence-electron chi connectivity index (χ1n) is 7.28. The Morgan fingerprint density at radius 3 is 2.80 bits per heavy atom. The monoisotopic (exact) mass is 352 g/mol. The van der Waals surface area contributed by atoms with E-state index in [1.165, 1.54) is 22.8 Å². The van der Waals surface area contributed by atoms with Crippen LogP contribution in [0.4, 0.5) is 10.2 Å². The number of imidazole rings is 2. The fourth-order valence-electron chi connectivity index (χ4n) is 2.65. The van der Waals surface area contributed by atoms with Crippen molar-refractivity contribution in [1.82, 2.24) is 24.1 Å². The van der Waals surface area contributed by atoms with Crippen LogP contribution < -0.4 is 0 Å². The Hall–Kier alpha value is -3.24. The minimum atomic E-state index is -0.484. The van der Waals surface area contributed by atoms with E-state index in [1.54, 1.807) is 18.5 Å². The lowest BCUT2D eigenvalue weighted by Crippen LogP contribution is -1.99. The summed E-state index contributed by atoms with van der Waals surface area (Å²) in [5, 5.41) is 4.54. The highest BCUT2D eigenvalue weighted by molar-refractivity contribution is 6.31. The second-order valence-corrected chi connectivity index (χ2v) is 5.81. The number of aryl methyl sites for hydroxylation is 1. The third kappa shape index (κ3) is 2.44. The Balaban J connectivity index is 1.93. The van der Waals surface area contributed by atoms with E-state index in [0.29, 0.717) is 28.4 Å². The molecular weight excluding hydrogens is 343 g/mol. The van der Waals surface area contributed by atoms with Crippen LogP contribution in [0.15, 0.2) is 42.9 Å². The number of nitrogens with zero attached hydrogens (tertiary/aromatic N) is 6. The summed E-state index contributed by atoms with van der Waals surface area (Å²) in [4.78, 5) is 12.0. The van der Waals surface area contributed by atoms with E-state index in [2.05, 4.69) is 19.9 Å². The van der Waals surface area contributed by atoms with Crippen LogP contribution in [0.3, 0.4) is 0 Å². The first kappa shape index (κ1) is 15.3. The molecule has 0 aliphatic carbocycles. The van der Waals surface area contributed by atoms with E-state index in [-0.39, 0.29) is 5.02 Å². The first-order chi connectivity index (χ1) is 12.1. The van der Waals surface area contributed by atoms with Crippen molar-refractivity contribution in [3.63, 3.8) is 0 Å². The maximum absolute atomic E-state index is 13.5. The van der Waals surface area contributed by atoms with Gasteiger partial charge in [0.05, 0.1) is 28.9 Å². The van der Waals surface area contributed by atoms with Crippen molar-refractivity contribution in [3.05, 3.63) is 65.1 Å². The number of hydrogen-bond donors (Lipinski definition) is 0. The highest BCUT2D eigenvalue weighted by atomic mass is 35.5. The standard InChI is InChI=1S/C17H10ClFN6/c1-20-15-8-21-14-6-5-13(23-25(14)15)17-16(22-9-24(17)2)10-3-4-12(19)11(18)7-10/h3-9H,2H3. The average molecular weight is 353 g/mol. The Morgan fingerprint density at radius 1 is 1.20 bits per heavy atom. The summed E-state index contributed by atoms with van der Waals surface area (Å²) in [5.74, 6) is -0.159. The minimum Gasteiger partial charge on any atom is -0.360 e. The summed E-state index contributed by atoms with van der Waals surface area (Å²) in [6.45, 7) is 7.21. The molecule has 0 bridgehead atoms. The molecule has 3 aromatic heterocycles. The first-order valence-corrected chi connectivity index (χ1v) is 7.65. The Morgan fingerprint density at radius 2 is 2.04 bits per heavy atom. The maximum Gasteiger partial charge on any atom is 0.275 e. The van der Waals surface area contributed by atoms with E-state index in [4.69, 9.17) is 18.2 Å². The molecule has 1 aromatic carbocycles. The molecular formula is C17H10ClFN6. The van der Waals surface area contributed by atoms with Crippen LogP contribution in [0.2, 0.25) is 5.02 Å². The van der Waals surface area contributed by atoms with Crippen LogP contribution in [-0.2, 0) is 7.05 Å². The molecule has 25 heavy (non-hydrogen) atoms. The molecule has 122 valence electrons. The van der Waals surface area contributed by atoms with Crippen LogP contribution in [-0.4, -0.2) is 24.1 Å². The average Bonchev–Trinajstić information content (AvgIpc) is 3.20. The lowest BCUT2D eigenvalue weighted by Gasteiger charge is -2.06. The van der Waals surface area contributed by atoms with E-state index < -0.39 is 5.82 Å². The maximum atomic E-state index is 13.5. The van der Waals surface area contributed by atoms with Crippen molar-refractivity contribution in [2.75, 3.05) is 0 Å². The van der Waals surface area contributed by atoms with E-state index in [0.717, 1.165) is 5.69 Å². The zero-order valence-electron chi connectivity index (χ0n) is 13.0. The molecule has 0 N–H and O–H groups in total. The molecule has 0 saturated carbocycles. The summed E-state index contributed by atoms with van der Waals surface area (Å²) in [6, 6.07) is 8.04. The van der Waals surface area contributed by atoms with Gasteiger partial charge in [-0.3, -0.25) is 0 Å². The van der Waals surface area contributed by atoms with Gasteiger partial charge >= 0.3 is 0 Å². The van der Waals surface area contributed by atoms with Gasteiger partial charge < -0.3 is 9.41 Å². The summed E-state index contributed by atoms with van der Waals surface area (Å²) in [5.41, 5.74) is 3.24.